The Morgan fingerprint density at radius 1 is 1.53 bits per heavy atom. The zero-order chi connectivity index (χ0) is 10.5. The number of rotatable bonds is 3. The predicted molar refractivity (Wildman–Crippen MR) is 74.8 cm³/mol. The van der Waals surface area contributed by atoms with Crippen LogP contribution in [-0.2, 0) is 11.3 Å². The zero-order valence-electron chi connectivity index (χ0n) is 9.09. The number of halogens is 2. The van der Waals surface area contributed by atoms with Crippen LogP contribution >= 0.6 is 36.6 Å². The van der Waals surface area contributed by atoms with E-state index in [1.165, 1.54) is 0 Å². The molecule has 1 aromatic rings. The van der Waals surface area contributed by atoms with Crippen LogP contribution in [0.3, 0.4) is 0 Å². The Morgan fingerprint density at radius 2 is 2.35 bits per heavy atom. The molecular weight excluding hydrogens is 281 g/mol. The summed E-state index contributed by atoms with van der Waals surface area (Å²) in [4.78, 5) is 15.7. The van der Waals surface area contributed by atoms with E-state index in [0.717, 1.165) is 17.3 Å². The number of carbonyl (C=O) groups is 1. The van der Waals surface area contributed by atoms with Gasteiger partial charge in [-0.1, -0.05) is 6.07 Å². The van der Waals surface area contributed by atoms with Crippen molar-refractivity contribution in [1.29, 1.82) is 0 Å². The highest BCUT2D eigenvalue weighted by molar-refractivity contribution is 7.99. The number of nitrogens with one attached hydrogen (secondary N) is 2. The molecule has 96 valence electrons. The molecule has 2 N–H and O–H groups in total. The van der Waals surface area contributed by atoms with Gasteiger partial charge in [0.25, 0.3) is 0 Å². The molecule has 1 atom stereocenters. The molecule has 17 heavy (non-hydrogen) atoms. The highest BCUT2D eigenvalue weighted by Crippen LogP contribution is 2.09. The second kappa shape index (κ2) is 8.58. The Bertz CT molecular complexity index is 334. The molecule has 0 saturated carbocycles. The van der Waals surface area contributed by atoms with E-state index in [2.05, 4.69) is 15.6 Å². The highest BCUT2D eigenvalue weighted by atomic mass is 35.5. The SMILES string of the molecule is Cl.Cl.O=C(NCc1ccccn1)[C@H]1CSCN1. The molecular formula is C10H15Cl2N3OS. The molecule has 0 bridgehead atoms. The number of carbonyl (C=O) groups excluding carboxylic acids is 1. The number of pyridine rings is 1. The molecule has 0 radical (unpaired) electrons. The zero-order valence-corrected chi connectivity index (χ0v) is 11.5. The van der Waals surface area contributed by atoms with Gasteiger partial charge in [0.05, 0.1) is 18.3 Å². The number of aromatic nitrogens is 1. The first kappa shape index (κ1) is 16.5. The van der Waals surface area contributed by atoms with E-state index in [0.29, 0.717) is 6.54 Å². The maximum atomic E-state index is 11.6. The Kier molecular flexibility index (Phi) is 8.33. The normalized spacial score (nSPS) is 17.8. The van der Waals surface area contributed by atoms with E-state index in [4.69, 9.17) is 0 Å². The number of amides is 1. The van der Waals surface area contributed by atoms with Crippen molar-refractivity contribution in [2.75, 3.05) is 11.6 Å². The Balaban J connectivity index is 0.00000128. The van der Waals surface area contributed by atoms with E-state index >= 15 is 0 Å². The van der Waals surface area contributed by atoms with Gasteiger partial charge in [-0.15, -0.1) is 36.6 Å². The van der Waals surface area contributed by atoms with Crippen molar-refractivity contribution in [3.05, 3.63) is 30.1 Å². The van der Waals surface area contributed by atoms with Crippen LogP contribution in [0, 0.1) is 0 Å². The lowest BCUT2D eigenvalue weighted by atomic mass is 10.3. The molecule has 0 spiro atoms. The van der Waals surface area contributed by atoms with E-state index in [1.54, 1.807) is 18.0 Å². The average Bonchev–Trinajstić information content (AvgIpc) is 2.81. The number of nitrogens with zero attached hydrogens (tertiary/aromatic N) is 1. The third kappa shape index (κ3) is 5.12. The summed E-state index contributed by atoms with van der Waals surface area (Å²) in [7, 11) is 0. The quantitative estimate of drug-likeness (QED) is 0.880. The predicted octanol–water partition coefficient (Wildman–Crippen LogP) is 1.20. The van der Waals surface area contributed by atoms with Gasteiger partial charge < -0.3 is 5.32 Å². The molecule has 4 nitrogen and oxygen atoms in total. The van der Waals surface area contributed by atoms with Gasteiger partial charge in [-0.2, -0.15) is 0 Å². The fraction of sp³-hybridized carbons (Fsp3) is 0.400. The van der Waals surface area contributed by atoms with Crippen molar-refractivity contribution in [3.8, 4) is 0 Å². The van der Waals surface area contributed by atoms with Crippen LogP contribution in [0.1, 0.15) is 5.69 Å². The Labute approximate surface area is 117 Å². The fourth-order valence-corrected chi connectivity index (χ4v) is 2.31. The van der Waals surface area contributed by atoms with Crippen molar-refractivity contribution in [2.24, 2.45) is 0 Å². The van der Waals surface area contributed by atoms with Crippen LogP contribution in [-0.4, -0.2) is 28.6 Å². The molecule has 1 aromatic heterocycles. The van der Waals surface area contributed by atoms with Gasteiger partial charge >= 0.3 is 0 Å². The van der Waals surface area contributed by atoms with E-state index in [-0.39, 0.29) is 36.8 Å². The molecule has 1 aliphatic heterocycles. The molecule has 1 fully saturated rings. The molecule has 1 amide bonds. The summed E-state index contributed by atoms with van der Waals surface area (Å²) in [6, 6.07) is 5.63. The van der Waals surface area contributed by atoms with Crippen LogP contribution in [0.15, 0.2) is 24.4 Å². The molecule has 1 aliphatic rings. The maximum Gasteiger partial charge on any atom is 0.238 e. The van der Waals surface area contributed by atoms with Gasteiger partial charge in [0.15, 0.2) is 0 Å². The summed E-state index contributed by atoms with van der Waals surface area (Å²) in [5, 5.41) is 5.99. The first-order chi connectivity index (χ1) is 7.36. The summed E-state index contributed by atoms with van der Waals surface area (Å²) in [5.74, 6) is 1.78. The number of hydrogen-bond donors (Lipinski definition) is 2. The van der Waals surface area contributed by atoms with Crippen molar-refractivity contribution in [3.63, 3.8) is 0 Å². The topological polar surface area (TPSA) is 54.0 Å². The second-order valence-electron chi connectivity index (χ2n) is 3.31. The first-order valence-corrected chi connectivity index (χ1v) is 6.00. The molecule has 0 unspecified atom stereocenters. The van der Waals surface area contributed by atoms with Gasteiger partial charge in [-0.25, -0.2) is 0 Å². The highest BCUT2D eigenvalue weighted by Gasteiger charge is 2.21. The second-order valence-corrected chi connectivity index (χ2v) is 4.34. The minimum Gasteiger partial charge on any atom is -0.349 e. The minimum atomic E-state index is -0.0429. The molecule has 2 heterocycles. The van der Waals surface area contributed by atoms with Gasteiger partial charge in [0.2, 0.25) is 5.91 Å². The molecule has 2 rings (SSSR count). The standard InChI is InChI=1S/C10H13N3OS.2ClH/c14-10(9-6-15-7-13-9)12-5-8-3-1-2-4-11-8;;/h1-4,9,13H,5-7H2,(H,12,14);2*1H/t9-;;/m1../s1. The summed E-state index contributed by atoms with van der Waals surface area (Å²) in [6.45, 7) is 0.502. The lowest BCUT2D eigenvalue weighted by Gasteiger charge is -2.09. The van der Waals surface area contributed by atoms with E-state index < -0.39 is 0 Å². The summed E-state index contributed by atoms with van der Waals surface area (Å²) in [5.41, 5.74) is 0.886. The average molecular weight is 296 g/mol. The molecule has 1 saturated heterocycles. The third-order valence-electron chi connectivity index (χ3n) is 2.20. The van der Waals surface area contributed by atoms with E-state index in [9.17, 15) is 4.79 Å². The maximum absolute atomic E-state index is 11.6. The van der Waals surface area contributed by atoms with E-state index in [1.807, 2.05) is 18.2 Å². The van der Waals surface area contributed by atoms with Crippen LogP contribution in [0.5, 0.6) is 0 Å². The van der Waals surface area contributed by atoms with Crippen molar-refractivity contribution in [2.45, 2.75) is 12.6 Å². The monoisotopic (exact) mass is 295 g/mol. The van der Waals surface area contributed by atoms with Crippen LogP contribution < -0.4 is 10.6 Å². The Hall–Kier alpha value is -0.490. The van der Waals surface area contributed by atoms with Gasteiger partial charge in [-0.05, 0) is 12.1 Å². The van der Waals surface area contributed by atoms with Crippen molar-refractivity contribution in [1.82, 2.24) is 15.6 Å². The fourth-order valence-electron chi connectivity index (χ4n) is 1.37. The molecule has 7 heteroatoms. The van der Waals surface area contributed by atoms with Crippen LogP contribution in [0.25, 0.3) is 0 Å². The largest absolute Gasteiger partial charge is 0.349 e. The summed E-state index contributed by atoms with van der Waals surface area (Å²) in [6.07, 6.45) is 1.73. The first-order valence-electron chi connectivity index (χ1n) is 4.85. The molecule has 0 aliphatic carbocycles. The van der Waals surface area contributed by atoms with Crippen LogP contribution in [0.2, 0.25) is 0 Å². The summed E-state index contributed by atoms with van der Waals surface area (Å²) >= 11 is 1.74. The van der Waals surface area contributed by atoms with Gasteiger partial charge in [0, 0.05) is 17.8 Å². The lowest BCUT2D eigenvalue weighted by Crippen LogP contribution is -2.41. The third-order valence-corrected chi connectivity index (χ3v) is 3.14. The van der Waals surface area contributed by atoms with Gasteiger partial charge in [-0.3, -0.25) is 15.1 Å². The summed E-state index contributed by atoms with van der Waals surface area (Å²) < 4.78 is 0. The number of thioether (sulfide) groups is 1. The van der Waals surface area contributed by atoms with Crippen molar-refractivity contribution >= 4 is 42.5 Å². The Morgan fingerprint density at radius 3 is 2.94 bits per heavy atom. The van der Waals surface area contributed by atoms with Crippen molar-refractivity contribution < 1.29 is 4.79 Å². The lowest BCUT2D eigenvalue weighted by molar-refractivity contribution is -0.122. The smallest absolute Gasteiger partial charge is 0.238 e. The minimum absolute atomic E-state index is 0. The molecule has 0 aromatic carbocycles. The van der Waals surface area contributed by atoms with Gasteiger partial charge in [0.1, 0.15) is 0 Å². The number of hydrogen-bond acceptors (Lipinski definition) is 4. The van der Waals surface area contributed by atoms with Crippen LogP contribution in [0.4, 0.5) is 0 Å².